The minimum absolute atomic E-state index is 0.559. The molecule has 0 saturated carbocycles. The molecule has 22 heavy (non-hydrogen) atoms. The van der Waals surface area contributed by atoms with Gasteiger partial charge in [-0.1, -0.05) is 27.2 Å². The van der Waals surface area contributed by atoms with E-state index in [0.717, 1.165) is 37.2 Å². The fraction of sp³-hybridized carbons (Fsp3) is 0.667. The van der Waals surface area contributed by atoms with Crippen molar-refractivity contribution in [2.24, 2.45) is 0 Å². The third-order valence-corrected chi connectivity index (χ3v) is 3.00. The first kappa shape index (κ1) is 18.5. The van der Waals surface area contributed by atoms with E-state index in [1.807, 2.05) is 19.1 Å². The topological polar surface area (TPSA) is 36.9 Å². The number of hydrogen-bond acceptors (Lipinski definition) is 4. The molecule has 0 unspecified atom stereocenters. The van der Waals surface area contributed by atoms with Crippen molar-refractivity contribution in [1.82, 2.24) is 0 Å². The molecule has 0 fully saturated rings. The second-order valence-electron chi connectivity index (χ2n) is 5.05. The van der Waals surface area contributed by atoms with E-state index in [4.69, 9.17) is 18.9 Å². The van der Waals surface area contributed by atoms with Crippen LogP contribution in [0, 0.1) is 0 Å². The fourth-order valence-corrected chi connectivity index (χ4v) is 1.91. The molecule has 1 aromatic rings. The lowest BCUT2D eigenvalue weighted by Crippen LogP contribution is -2.06. The van der Waals surface area contributed by atoms with Gasteiger partial charge in [0.15, 0.2) is 11.5 Å². The van der Waals surface area contributed by atoms with Crippen molar-refractivity contribution in [3.05, 3.63) is 12.1 Å². The molecule has 1 rings (SSSR count). The van der Waals surface area contributed by atoms with Gasteiger partial charge < -0.3 is 18.9 Å². The van der Waals surface area contributed by atoms with E-state index in [-0.39, 0.29) is 0 Å². The predicted molar refractivity (Wildman–Crippen MR) is 89.6 cm³/mol. The van der Waals surface area contributed by atoms with E-state index < -0.39 is 0 Å². The smallest absolute Gasteiger partial charge is 0.207 e. The van der Waals surface area contributed by atoms with Gasteiger partial charge in [0.25, 0.3) is 0 Å². The summed E-state index contributed by atoms with van der Waals surface area (Å²) in [4.78, 5) is 0. The van der Waals surface area contributed by atoms with E-state index in [1.165, 1.54) is 0 Å². The summed E-state index contributed by atoms with van der Waals surface area (Å²) in [6.07, 6.45) is 4.00. The Morgan fingerprint density at radius 2 is 1.18 bits per heavy atom. The summed E-state index contributed by atoms with van der Waals surface area (Å²) >= 11 is 0. The van der Waals surface area contributed by atoms with Gasteiger partial charge in [-0.15, -0.1) is 0 Å². The first-order chi connectivity index (χ1) is 10.8. The highest BCUT2D eigenvalue weighted by Gasteiger charge is 2.18. The molecule has 1 aromatic carbocycles. The summed E-state index contributed by atoms with van der Waals surface area (Å²) in [5.74, 6) is 2.76. The van der Waals surface area contributed by atoms with Crippen LogP contribution in [0.25, 0.3) is 0 Å². The van der Waals surface area contributed by atoms with Crippen LogP contribution in [0.1, 0.15) is 53.4 Å². The summed E-state index contributed by atoms with van der Waals surface area (Å²) in [7, 11) is 0. The zero-order chi connectivity index (χ0) is 16.2. The van der Waals surface area contributed by atoms with Crippen molar-refractivity contribution >= 4 is 0 Å². The summed E-state index contributed by atoms with van der Waals surface area (Å²) in [5, 5.41) is 0. The first-order valence-electron chi connectivity index (χ1n) is 8.46. The van der Waals surface area contributed by atoms with Crippen LogP contribution < -0.4 is 18.9 Å². The van der Waals surface area contributed by atoms with Crippen LogP contribution in [-0.2, 0) is 0 Å². The Labute approximate surface area is 134 Å². The zero-order valence-corrected chi connectivity index (χ0v) is 14.4. The Morgan fingerprint density at radius 1 is 0.636 bits per heavy atom. The Bertz CT molecular complexity index is 418. The normalized spacial score (nSPS) is 10.4. The summed E-state index contributed by atoms with van der Waals surface area (Å²) in [6.45, 7) is 10.8. The van der Waals surface area contributed by atoms with Gasteiger partial charge in [-0.25, -0.2) is 0 Å². The van der Waals surface area contributed by atoms with Crippen molar-refractivity contribution < 1.29 is 18.9 Å². The molecule has 0 bridgehead atoms. The highest BCUT2D eigenvalue weighted by Crippen LogP contribution is 2.44. The maximum Gasteiger partial charge on any atom is 0.207 e. The molecule has 4 heteroatoms. The van der Waals surface area contributed by atoms with Crippen LogP contribution in [0.3, 0.4) is 0 Å². The first-order valence-corrected chi connectivity index (χ1v) is 8.46. The second kappa shape index (κ2) is 11.0. The SMILES string of the molecule is CCCCOc1ccc(OCCC)c(OCCC)c1OCC. The number of rotatable bonds is 12. The van der Waals surface area contributed by atoms with Gasteiger partial charge in [0.2, 0.25) is 11.5 Å². The van der Waals surface area contributed by atoms with E-state index in [9.17, 15) is 0 Å². The standard InChI is InChI=1S/C18H30O4/c1-5-9-14-21-15-10-11-16(20-12-6-2)18(22-13-7-3)17(15)19-8-4/h10-11H,5-9,12-14H2,1-4H3. The van der Waals surface area contributed by atoms with Gasteiger partial charge >= 0.3 is 0 Å². The van der Waals surface area contributed by atoms with Crippen molar-refractivity contribution in [3.8, 4) is 23.0 Å². The average Bonchev–Trinajstić information content (AvgIpc) is 2.53. The van der Waals surface area contributed by atoms with Gasteiger partial charge in [0, 0.05) is 0 Å². The molecule has 4 nitrogen and oxygen atoms in total. The molecule has 0 radical (unpaired) electrons. The maximum absolute atomic E-state index is 5.88. The molecule has 0 saturated heterocycles. The van der Waals surface area contributed by atoms with E-state index >= 15 is 0 Å². The molecule has 0 aromatic heterocycles. The molecule has 0 N–H and O–H groups in total. The monoisotopic (exact) mass is 310 g/mol. The van der Waals surface area contributed by atoms with Crippen LogP contribution in [0.5, 0.6) is 23.0 Å². The van der Waals surface area contributed by atoms with Crippen molar-refractivity contribution in [1.29, 1.82) is 0 Å². The lowest BCUT2D eigenvalue weighted by Gasteiger charge is -2.19. The fourth-order valence-electron chi connectivity index (χ4n) is 1.91. The minimum Gasteiger partial charge on any atom is -0.490 e. The highest BCUT2D eigenvalue weighted by molar-refractivity contribution is 5.59. The highest BCUT2D eigenvalue weighted by atomic mass is 16.6. The van der Waals surface area contributed by atoms with Crippen molar-refractivity contribution in [2.75, 3.05) is 26.4 Å². The van der Waals surface area contributed by atoms with Gasteiger partial charge in [-0.05, 0) is 38.3 Å². The van der Waals surface area contributed by atoms with Crippen LogP contribution in [0.15, 0.2) is 12.1 Å². The third-order valence-electron chi connectivity index (χ3n) is 3.00. The molecule has 0 aliphatic heterocycles. The van der Waals surface area contributed by atoms with Gasteiger partial charge in [-0.2, -0.15) is 0 Å². The van der Waals surface area contributed by atoms with E-state index in [0.29, 0.717) is 37.9 Å². The summed E-state index contributed by atoms with van der Waals surface area (Å²) in [5.41, 5.74) is 0. The lowest BCUT2D eigenvalue weighted by atomic mass is 10.2. The molecular weight excluding hydrogens is 280 g/mol. The largest absolute Gasteiger partial charge is 0.490 e. The Kier molecular flexibility index (Phi) is 9.28. The second-order valence-corrected chi connectivity index (χ2v) is 5.05. The summed E-state index contributed by atoms with van der Waals surface area (Å²) in [6, 6.07) is 3.81. The van der Waals surface area contributed by atoms with Crippen LogP contribution in [-0.4, -0.2) is 26.4 Å². The lowest BCUT2D eigenvalue weighted by molar-refractivity contribution is 0.231. The van der Waals surface area contributed by atoms with Crippen LogP contribution in [0.4, 0.5) is 0 Å². The molecule has 0 aliphatic carbocycles. The molecule has 0 aliphatic rings. The predicted octanol–water partition coefficient (Wildman–Crippen LogP) is 4.84. The Hall–Kier alpha value is -1.58. The molecule has 0 atom stereocenters. The molecule has 0 amide bonds. The molecular formula is C18H30O4. The third kappa shape index (κ3) is 5.66. The van der Waals surface area contributed by atoms with Gasteiger partial charge in [-0.3, -0.25) is 0 Å². The van der Waals surface area contributed by atoms with E-state index in [2.05, 4.69) is 20.8 Å². The number of benzene rings is 1. The number of ether oxygens (including phenoxy) is 4. The molecule has 0 spiro atoms. The average molecular weight is 310 g/mol. The minimum atomic E-state index is 0.559. The van der Waals surface area contributed by atoms with Crippen molar-refractivity contribution in [3.63, 3.8) is 0 Å². The molecule has 0 heterocycles. The quantitative estimate of drug-likeness (QED) is 0.518. The maximum atomic E-state index is 5.88. The summed E-state index contributed by atoms with van der Waals surface area (Å²) < 4.78 is 23.3. The van der Waals surface area contributed by atoms with Gasteiger partial charge in [0.1, 0.15) is 0 Å². The van der Waals surface area contributed by atoms with Crippen LogP contribution in [0.2, 0.25) is 0 Å². The molecule has 126 valence electrons. The van der Waals surface area contributed by atoms with Crippen LogP contribution >= 0.6 is 0 Å². The van der Waals surface area contributed by atoms with Crippen molar-refractivity contribution in [2.45, 2.75) is 53.4 Å². The number of hydrogen-bond donors (Lipinski definition) is 0. The number of unbranched alkanes of at least 4 members (excludes halogenated alkanes) is 1. The Balaban J connectivity index is 3.05. The Morgan fingerprint density at radius 3 is 1.73 bits per heavy atom. The van der Waals surface area contributed by atoms with E-state index in [1.54, 1.807) is 0 Å². The van der Waals surface area contributed by atoms with Gasteiger partial charge in [0.05, 0.1) is 26.4 Å². The zero-order valence-electron chi connectivity index (χ0n) is 14.4.